The van der Waals surface area contributed by atoms with Crippen molar-refractivity contribution in [1.29, 1.82) is 0 Å². The number of amides is 1. The van der Waals surface area contributed by atoms with Crippen LogP contribution in [0.5, 0.6) is 0 Å². The van der Waals surface area contributed by atoms with Crippen molar-refractivity contribution in [2.45, 2.75) is 31.4 Å². The number of nitrogens with one attached hydrogen (secondary N) is 1. The van der Waals surface area contributed by atoms with Crippen molar-refractivity contribution in [3.05, 3.63) is 0 Å². The summed E-state index contributed by atoms with van der Waals surface area (Å²) in [5.74, 6) is 0.513. The average molecular weight is 204 g/mol. The number of halogens is 1. The topological polar surface area (TPSA) is 38.3 Å². The van der Waals surface area contributed by atoms with Gasteiger partial charge in [-0.1, -0.05) is 0 Å². The van der Waals surface area contributed by atoms with Gasteiger partial charge >= 0.3 is 0 Å². The van der Waals surface area contributed by atoms with Crippen molar-refractivity contribution in [1.82, 2.24) is 5.32 Å². The summed E-state index contributed by atoms with van der Waals surface area (Å²) >= 11 is 5.66. The van der Waals surface area contributed by atoms with Gasteiger partial charge in [-0.05, 0) is 20.3 Å². The number of hydrogen-bond donors (Lipinski definition) is 1. The second-order valence-corrected chi connectivity index (χ2v) is 4.63. The smallest absolute Gasteiger partial charge is 0.226 e. The van der Waals surface area contributed by atoms with Gasteiger partial charge in [-0.3, -0.25) is 4.79 Å². The second kappa shape index (κ2) is 2.61. The lowest BCUT2D eigenvalue weighted by Gasteiger charge is -2.51. The lowest BCUT2D eigenvalue weighted by Crippen LogP contribution is -2.68. The van der Waals surface area contributed by atoms with Gasteiger partial charge in [0.15, 0.2) is 0 Å². The Balaban J connectivity index is 2.24. The van der Waals surface area contributed by atoms with Crippen LogP contribution in [0.15, 0.2) is 0 Å². The first-order valence-corrected chi connectivity index (χ1v) is 5.09. The minimum Gasteiger partial charge on any atom is -0.369 e. The Morgan fingerprint density at radius 3 is 2.77 bits per heavy atom. The van der Waals surface area contributed by atoms with Crippen molar-refractivity contribution in [3.8, 4) is 0 Å². The molecule has 2 fully saturated rings. The van der Waals surface area contributed by atoms with Crippen LogP contribution in [0.3, 0.4) is 0 Å². The molecule has 0 bridgehead atoms. The number of fused-ring (bicyclic) bond motifs is 1. The van der Waals surface area contributed by atoms with Gasteiger partial charge in [-0.15, -0.1) is 11.6 Å². The number of hydrogen-bond acceptors (Lipinski definition) is 2. The van der Waals surface area contributed by atoms with Gasteiger partial charge in [0.25, 0.3) is 0 Å². The summed E-state index contributed by atoms with van der Waals surface area (Å²) in [6.45, 7) is 4.64. The third-order valence-corrected chi connectivity index (χ3v) is 3.75. The summed E-state index contributed by atoms with van der Waals surface area (Å²) in [5.41, 5.74) is -0.500. The highest BCUT2D eigenvalue weighted by atomic mass is 35.5. The van der Waals surface area contributed by atoms with E-state index in [0.717, 1.165) is 0 Å². The van der Waals surface area contributed by atoms with E-state index >= 15 is 0 Å². The van der Waals surface area contributed by atoms with E-state index < -0.39 is 0 Å². The van der Waals surface area contributed by atoms with Crippen LogP contribution in [0.1, 0.15) is 20.3 Å². The largest absolute Gasteiger partial charge is 0.369 e. The summed E-state index contributed by atoms with van der Waals surface area (Å²) in [6.07, 6.45) is 0.694. The van der Waals surface area contributed by atoms with E-state index in [9.17, 15) is 4.79 Å². The van der Waals surface area contributed by atoms with Crippen molar-refractivity contribution >= 4 is 17.5 Å². The number of carbonyl (C=O) groups excluding carboxylic acids is 1. The molecular formula is C9H14ClNO2. The summed E-state index contributed by atoms with van der Waals surface area (Å²) in [6, 6.07) is 0. The van der Waals surface area contributed by atoms with Gasteiger partial charge in [-0.2, -0.15) is 0 Å². The van der Waals surface area contributed by atoms with E-state index in [-0.39, 0.29) is 23.0 Å². The van der Waals surface area contributed by atoms with Crippen LogP contribution in [0.2, 0.25) is 0 Å². The molecule has 0 radical (unpaired) electrons. The standard InChI is InChI=1S/C9H14ClNO2/c1-8-5-13-9(8,2)6(3-4-10)7(12)11-8/h6H,3-5H2,1-2H3,(H,11,12)/t6-,8+,9+/m1/s1. The first-order valence-electron chi connectivity index (χ1n) is 4.55. The molecular weight excluding hydrogens is 190 g/mol. The molecule has 0 aromatic carbocycles. The van der Waals surface area contributed by atoms with E-state index in [1.807, 2.05) is 13.8 Å². The molecule has 2 aliphatic heterocycles. The fourth-order valence-corrected chi connectivity index (χ4v) is 2.50. The molecule has 3 atom stereocenters. The van der Waals surface area contributed by atoms with Gasteiger partial charge in [-0.25, -0.2) is 0 Å². The number of rotatable bonds is 2. The third-order valence-electron chi connectivity index (χ3n) is 3.53. The molecule has 3 nitrogen and oxygen atoms in total. The van der Waals surface area contributed by atoms with E-state index in [2.05, 4.69) is 5.32 Å². The molecule has 1 amide bonds. The summed E-state index contributed by atoms with van der Waals surface area (Å²) < 4.78 is 5.54. The van der Waals surface area contributed by atoms with Crippen LogP contribution in [0, 0.1) is 5.92 Å². The van der Waals surface area contributed by atoms with E-state index in [1.54, 1.807) is 0 Å². The molecule has 2 rings (SSSR count). The van der Waals surface area contributed by atoms with Crippen LogP contribution in [0.25, 0.3) is 0 Å². The molecule has 2 heterocycles. The highest BCUT2D eigenvalue weighted by Crippen LogP contribution is 2.48. The predicted molar refractivity (Wildman–Crippen MR) is 49.7 cm³/mol. The fourth-order valence-electron chi connectivity index (χ4n) is 2.29. The Labute approximate surface area is 82.8 Å². The zero-order chi connectivity index (χ0) is 9.69. The minimum absolute atomic E-state index is 0.0799. The van der Waals surface area contributed by atoms with Crippen molar-refractivity contribution in [3.63, 3.8) is 0 Å². The first-order chi connectivity index (χ1) is 6.03. The highest BCUT2D eigenvalue weighted by Gasteiger charge is 2.66. The predicted octanol–water partition coefficient (Wildman–Crippen LogP) is 0.909. The first kappa shape index (κ1) is 9.28. The quantitative estimate of drug-likeness (QED) is 0.678. The van der Waals surface area contributed by atoms with Gasteiger partial charge in [0.05, 0.1) is 18.1 Å². The Morgan fingerprint density at radius 1 is 1.69 bits per heavy atom. The van der Waals surface area contributed by atoms with Crippen LogP contribution in [-0.2, 0) is 9.53 Å². The number of ether oxygens (including phenoxy) is 1. The SMILES string of the molecule is C[C@@]12OC[C@]1(C)NC(=O)[C@H]2CCCl. The zero-order valence-electron chi connectivity index (χ0n) is 7.89. The normalized spacial score (nSPS) is 48.2. The summed E-state index contributed by atoms with van der Waals surface area (Å²) in [5, 5.41) is 2.98. The maximum Gasteiger partial charge on any atom is 0.226 e. The van der Waals surface area contributed by atoms with E-state index in [0.29, 0.717) is 18.9 Å². The maximum atomic E-state index is 11.6. The number of alkyl halides is 1. The van der Waals surface area contributed by atoms with Crippen LogP contribution < -0.4 is 5.32 Å². The van der Waals surface area contributed by atoms with Crippen molar-refractivity contribution < 1.29 is 9.53 Å². The third kappa shape index (κ3) is 0.974. The molecule has 0 aromatic heterocycles. The van der Waals surface area contributed by atoms with Crippen molar-refractivity contribution in [2.24, 2.45) is 5.92 Å². The molecule has 0 unspecified atom stereocenters. The molecule has 2 aliphatic rings. The average Bonchev–Trinajstić information content (AvgIpc) is 2.19. The molecule has 0 saturated carbocycles. The zero-order valence-corrected chi connectivity index (χ0v) is 8.65. The molecule has 0 spiro atoms. The molecule has 13 heavy (non-hydrogen) atoms. The minimum atomic E-state index is -0.334. The maximum absolute atomic E-state index is 11.6. The van der Waals surface area contributed by atoms with Gasteiger partial charge < -0.3 is 10.1 Å². The molecule has 0 aliphatic carbocycles. The Bertz CT molecular complexity index is 258. The Morgan fingerprint density at radius 2 is 2.38 bits per heavy atom. The molecule has 4 heteroatoms. The fraction of sp³-hybridized carbons (Fsp3) is 0.889. The van der Waals surface area contributed by atoms with Crippen LogP contribution in [-0.4, -0.2) is 29.5 Å². The monoisotopic (exact) mass is 203 g/mol. The van der Waals surface area contributed by atoms with Crippen molar-refractivity contribution in [2.75, 3.05) is 12.5 Å². The second-order valence-electron chi connectivity index (χ2n) is 4.25. The highest BCUT2D eigenvalue weighted by molar-refractivity contribution is 6.18. The van der Waals surface area contributed by atoms with Crippen LogP contribution >= 0.6 is 11.6 Å². The summed E-state index contributed by atoms with van der Waals surface area (Å²) in [4.78, 5) is 11.6. The lowest BCUT2D eigenvalue weighted by atomic mass is 9.73. The molecule has 2 saturated heterocycles. The molecule has 0 aromatic rings. The van der Waals surface area contributed by atoms with Crippen LogP contribution in [0.4, 0.5) is 0 Å². The van der Waals surface area contributed by atoms with E-state index in [4.69, 9.17) is 16.3 Å². The van der Waals surface area contributed by atoms with Gasteiger partial charge in [0.1, 0.15) is 5.60 Å². The van der Waals surface area contributed by atoms with E-state index in [1.165, 1.54) is 0 Å². The molecule has 1 N–H and O–H groups in total. The molecule has 74 valence electrons. The van der Waals surface area contributed by atoms with Gasteiger partial charge in [0, 0.05) is 5.88 Å². The Kier molecular flexibility index (Phi) is 1.86. The Hall–Kier alpha value is -0.280. The number of carbonyl (C=O) groups is 1. The van der Waals surface area contributed by atoms with Gasteiger partial charge in [0.2, 0.25) is 5.91 Å². The summed E-state index contributed by atoms with van der Waals surface area (Å²) in [7, 11) is 0. The lowest BCUT2D eigenvalue weighted by molar-refractivity contribution is -0.211.